The second-order valence-corrected chi connectivity index (χ2v) is 6.39. The number of benzene rings is 3. The van der Waals surface area contributed by atoms with Gasteiger partial charge in [0.05, 0.1) is 7.11 Å². The third-order valence-electron chi connectivity index (χ3n) is 4.48. The summed E-state index contributed by atoms with van der Waals surface area (Å²) in [7, 11) is 1.62. The molecule has 0 heterocycles. The van der Waals surface area contributed by atoms with E-state index in [1.165, 1.54) is 5.56 Å². The normalized spacial score (nSPS) is 11.6. The third-order valence-corrected chi connectivity index (χ3v) is 4.48. The number of nitrogens with one attached hydrogen (secondary N) is 2. The molecular formula is C23H24N2O2. The van der Waals surface area contributed by atoms with Crippen LogP contribution in [0, 0.1) is 0 Å². The fourth-order valence-corrected chi connectivity index (χ4v) is 2.78. The zero-order valence-corrected chi connectivity index (χ0v) is 15.6. The fourth-order valence-electron chi connectivity index (χ4n) is 2.78. The van der Waals surface area contributed by atoms with Gasteiger partial charge in [0.1, 0.15) is 5.75 Å². The highest BCUT2D eigenvalue weighted by atomic mass is 16.5. The van der Waals surface area contributed by atoms with Gasteiger partial charge in [-0.05, 0) is 54.4 Å². The van der Waals surface area contributed by atoms with Crippen LogP contribution in [0.4, 0.5) is 5.69 Å². The highest BCUT2D eigenvalue weighted by Gasteiger charge is 2.07. The molecule has 4 heteroatoms. The average Bonchev–Trinajstić information content (AvgIpc) is 2.73. The number of hydrogen-bond donors (Lipinski definition) is 2. The maximum absolute atomic E-state index is 12.4. The Kier molecular flexibility index (Phi) is 6.23. The first-order chi connectivity index (χ1) is 13.2. The van der Waals surface area contributed by atoms with Crippen LogP contribution in [0.25, 0.3) is 0 Å². The Labute approximate surface area is 160 Å². The predicted octanol–water partition coefficient (Wildman–Crippen LogP) is 4.80. The summed E-state index contributed by atoms with van der Waals surface area (Å²) in [4.78, 5) is 12.4. The largest absolute Gasteiger partial charge is 0.497 e. The van der Waals surface area contributed by atoms with Crippen molar-refractivity contribution < 1.29 is 9.53 Å². The van der Waals surface area contributed by atoms with Crippen molar-refractivity contribution in [2.45, 2.75) is 19.5 Å². The van der Waals surface area contributed by atoms with Gasteiger partial charge in [-0.1, -0.05) is 42.5 Å². The summed E-state index contributed by atoms with van der Waals surface area (Å²) in [6.07, 6.45) is 0. The molecule has 138 valence electrons. The molecule has 0 aliphatic heterocycles. The Bertz CT molecular complexity index is 859. The molecule has 0 spiro atoms. The second kappa shape index (κ2) is 9.01. The van der Waals surface area contributed by atoms with Gasteiger partial charge >= 0.3 is 0 Å². The smallest absolute Gasteiger partial charge is 0.255 e. The summed E-state index contributed by atoms with van der Waals surface area (Å²) in [5.41, 5.74) is 3.76. The molecule has 3 aromatic carbocycles. The van der Waals surface area contributed by atoms with E-state index >= 15 is 0 Å². The van der Waals surface area contributed by atoms with Gasteiger partial charge in [0.2, 0.25) is 0 Å². The van der Waals surface area contributed by atoms with E-state index in [0.29, 0.717) is 5.56 Å². The topological polar surface area (TPSA) is 50.4 Å². The number of hydrogen-bond acceptors (Lipinski definition) is 3. The lowest BCUT2D eigenvalue weighted by atomic mass is 10.1. The lowest BCUT2D eigenvalue weighted by Gasteiger charge is -2.14. The Hall–Kier alpha value is -3.11. The molecule has 27 heavy (non-hydrogen) atoms. The first-order valence-electron chi connectivity index (χ1n) is 8.98. The van der Waals surface area contributed by atoms with Crippen molar-refractivity contribution in [3.63, 3.8) is 0 Å². The highest BCUT2D eigenvalue weighted by Crippen LogP contribution is 2.16. The van der Waals surface area contributed by atoms with Crippen molar-refractivity contribution in [1.29, 1.82) is 0 Å². The molecule has 3 aromatic rings. The first kappa shape index (κ1) is 18.7. The van der Waals surface area contributed by atoms with Gasteiger partial charge in [-0.2, -0.15) is 0 Å². The van der Waals surface area contributed by atoms with Gasteiger partial charge in [-0.15, -0.1) is 0 Å². The molecule has 0 bridgehead atoms. The van der Waals surface area contributed by atoms with E-state index in [9.17, 15) is 4.79 Å². The summed E-state index contributed by atoms with van der Waals surface area (Å²) in [6.45, 7) is 2.89. The van der Waals surface area contributed by atoms with E-state index in [0.717, 1.165) is 23.5 Å². The molecular weight excluding hydrogens is 336 g/mol. The SMILES string of the molecule is COc1ccc(NC(=O)c2ccc(CN[C@@H](C)c3ccccc3)cc2)cc1. The van der Waals surface area contributed by atoms with E-state index in [4.69, 9.17) is 4.74 Å². The van der Waals surface area contributed by atoms with Crippen LogP contribution in [0.3, 0.4) is 0 Å². The van der Waals surface area contributed by atoms with Crippen molar-refractivity contribution >= 4 is 11.6 Å². The summed E-state index contributed by atoms with van der Waals surface area (Å²) in [5.74, 6) is 0.631. The molecule has 4 nitrogen and oxygen atoms in total. The van der Waals surface area contributed by atoms with Crippen LogP contribution in [0.5, 0.6) is 5.75 Å². The number of anilines is 1. The van der Waals surface area contributed by atoms with Gasteiger partial charge < -0.3 is 15.4 Å². The highest BCUT2D eigenvalue weighted by molar-refractivity contribution is 6.04. The van der Waals surface area contributed by atoms with Crippen LogP contribution in [0.1, 0.15) is 34.5 Å². The molecule has 3 rings (SSSR count). The van der Waals surface area contributed by atoms with Gasteiger partial charge in [-0.25, -0.2) is 0 Å². The molecule has 2 N–H and O–H groups in total. The van der Waals surface area contributed by atoms with E-state index in [1.54, 1.807) is 7.11 Å². The molecule has 0 fully saturated rings. The first-order valence-corrected chi connectivity index (χ1v) is 8.98. The lowest BCUT2D eigenvalue weighted by Crippen LogP contribution is -2.18. The lowest BCUT2D eigenvalue weighted by molar-refractivity contribution is 0.102. The Morgan fingerprint density at radius 1 is 0.926 bits per heavy atom. The molecule has 0 unspecified atom stereocenters. The number of ether oxygens (including phenoxy) is 1. The van der Waals surface area contributed by atoms with Gasteiger partial charge in [0.25, 0.3) is 5.91 Å². The number of rotatable bonds is 7. The van der Waals surface area contributed by atoms with Crippen molar-refractivity contribution in [2.24, 2.45) is 0 Å². The quantitative estimate of drug-likeness (QED) is 0.636. The second-order valence-electron chi connectivity index (χ2n) is 6.39. The fraction of sp³-hybridized carbons (Fsp3) is 0.174. The summed E-state index contributed by atoms with van der Waals surface area (Å²) >= 11 is 0. The van der Waals surface area contributed by atoms with Gasteiger partial charge in [0.15, 0.2) is 0 Å². The molecule has 0 aliphatic carbocycles. The Morgan fingerprint density at radius 3 is 2.22 bits per heavy atom. The summed E-state index contributed by atoms with van der Waals surface area (Å²) in [6, 6.07) is 25.5. The number of carbonyl (C=O) groups is 1. The minimum Gasteiger partial charge on any atom is -0.497 e. The summed E-state index contributed by atoms with van der Waals surface area (Å²) < 4.78 is 5.12. The number of methoxy groups -OCH3 is 1. The van der Waals surface area contributed by atoms with Crippen molar-refractivity contribution in [1.82, 2.24) is 5.32 Å². The molecule has 0 saturated heterocycles. The Balaban J connectivity index is 1.55. The molecule has 0 aliphatic rings. The molecule has 1 atom stereocenters. The third kappa shape index (κ3) is 5.19. The van der Waals surface area contributed by atoms with Gasteiger partial charge in [-0.3, -0.25) is 4.79 Å². The maximum atomic E-state index is 12.4. The molecule has 0 saturated carbocycles. The number of amides is 1. The standard InChI is InChI=1S/C23H24N2O2/c1-17(19-6-4-3-5-7-19)24-16-18-8-10-20(11-9-18)23(26)25-21-12-14-22(27-2)15-13-21/h3-15,17,24H,16H2,1-2H3,(H,25,26)/t17-/m0/s1. The van der Waals surface area contributed by atoms with E-state index < -0.39 is 0 Å². The van der Waals surface area contributed by atoms with Crippen LogP contribution in [0.15, 0.2) is 78.9 Å². The van der Waals surface area contributed by atoms with Crippen molar-refractivity contribution in [3.8, 4) is 5.75 Å². The Morgan fingerprint density at radius 2 is 1.59 bits per heavy atom. The van der Waals surface area contributed by atoms with Crippen LogP contribution in [-0.2, 0) is 6.54 Å². The van der Waals surface area contributed by atoms with E-state index in [2.05, 4.69) is 29.7 Å². The van der Waals surface area contributed by atoms with Crippen LogP contribution >= 0.6 is 0 Å². The minimum atomic E-state index is -0.127. The average molecular weight is 360 g/mol. The van der Waals surface area contributed by atoms with Crippen molar-refractivity contribution in [2.75, 3.05) is 12.4 Å². The van der Waals surface area contributed by atoms with E-state index in [1.807, 2.05) is 66.7 Å². The van der Waals surface area contributed by atoms with Gasteiger partial charge in [0, 0.05) is 23.8 Å². The van der Waals surface area contributed by atoms with Crippen LogP contribution in [0.2, 0.25) is 0 Å². The van der Waals surface area contributed by atoms with Crippen LogP contribution in [-0.4, -0.2) is 13.0 Å². The van der Waals surface area contributed by atoms with E-state index in [-0.39, 0.29) is 11.9 Å². The summed E-state index contributed by atoms with van der Waals surface area (Å²) in [5, 5.41) is 6.39. The van der Waals surface area contributed by atoms with Crippen LogP contribution < -0.4 is 15.4 Å². The zero-order chi connectivity index (χ0) is 19.1. The number of carbonyl (C=O) groups excluding carboxylic acids is 1. The zero-order valence-electron chi connectivity index (χ0n) is 15.6. The molecule has 0 radical (unpaired) electrons. The maximum Gasteiger partial charge on any atom is 0.255 e. The minimum absolute atomic E-state index is 0.127. The predicted molar refractivity (Wildman–Crippen MR) is 109 cm³/mol. The molecule has 1 amide bonds. The molecule has 0 aromatic heterocycles. The van der Waals surface area contributed by atoms with Crippen molar-refractivity contribution in [3.05, 3.63) is 95.6 Å². The monoisotopic (exact) mass is 360 g/mol.